The average molecular weight is 191 g/mol. The van der Waals surface area contributed by atoms with E-state index in [9.17, 15) is 4.79 Å². The van der Waals surface area contributed by atoms with E-state index in [-0.39, 0.29) is 11.5 Å². The Hall–Kier alpha value is -1.84. The maximum absolute atomic E-state index is 11.5. The van der Waals surface area contributed by atoms with Crippen molar-refractivity contribution in [2.75, 3.05) is 7.11 Å². The Morgan fingerprint density at radius 2 is 2.29 bits per heavy atom. The van der Waals surface area contributed by atoms with Crippen molar-refractivity contribution in [1.29, 1.82) is 0 Å². The minimum absolute atomic E-state index is 0.188. The molecule has 0 atom stereocenters. The molecule has 0 heterocycles. The molecule has 0 saturated heterocycles. The second kappa shape index (κ2) is 3.14. The van der Waals surface area contributed by atoms with Gasteiger partial charge in [0.1, 0.15) is 11.5 Å². The largest absolute Gasteiger partial charge is 0.497 e. The molecule has 0 fully saturated rings. The van der Waals surface area contributed by atoms with Gasteiger partial charge in [-0.15, -0.1) is 0 Å². The van der Waals surface area contributed by atoms with Gasteiger partial charge < -0.3 is 9.94 Å². The SMILES string of the molecule is COc1ccc2c(c1)CC(=NO)C2=O. The predicted molar refractivity (Wildman–Crippen MR) is 50.3 cm³/mol. The number of hydrogen-bond acceptors (Lipinski definition) is 4. The molecule has 1 aliphatic rings. The second-order valence-electron chi connectivity index (χ2n) is 3.08. The number of benzene rings is 1. The van der Waals surface area contributed by atoms with E-state index < -0.39 is 0 Å². The first-order valence-electron chi connectivity index (χ1n) is 4.19. The summed E-state index contributed by atoms with van der Waals surface area (Å²) in [5.74, 6) is 0.501. The van der Waals surface area contributed by atoms with E-state index in [0.29, 0.717) is 17.7 Å². The van der Waals surface area contributed by atoms with Gasteiger partial charge in [-0.05, 0) is 23.8 Å². The normalized spacial score (nSPS) is 17.2. The monoisotopic (exact) mass is 191 g/mol. The molecule has 0 amide bonds. The summed E-state index contributed by atoms with van der Waals surface area (Å²) in [5.41, 5.74) is 1.63. The standard InChI is InChI=1S/C10H9NO3/c1-14-7-2-3-8-6(4-7)5-9(11-13)10(8)12/h2-4,13H,5H2,1H3. The van der Waals surface area contributed by atoms with Gasteiger partial charge in [-0.3, -0.25) is 4.79 Å². The fourth-order valence-electron chi connectivity index (χ4n) is 1.56. The van der Waals surface area contributed by atoms with Crippen molar-refractivity contribution in [2.45, 2.75) is 6.42 Å². The van der Waals surface area contributed by atoms with Gasteiger partial charge in [0, 0.05) is 12.0 Å². The highest BCUT2D eigenvalue weighted by Crippen LogP contribution is 2.24. The molecule has 2 rings (SSSR count). The lowest BCUT2D eigenvalue weighted by Gasteiger charge is -2.00. The topological polar surface area (TPSA) is 58.9 Å². The van der Waals surface area contributed by atoms with Crippen molar-refractivity contribution in [3.63, 3.8) is 0 Å². The maximum atomic E-state index is 11.5. The lowest BCUT2D eigenvalue weighted by molar-refractivity contribution is 0.106. The van der Waals surface area contributed by atoms with E-state index in [2.05, 4.69) is 5.16 Å². The van der Waals surface area contributed by atoms with Crippen LogP contribution in [0.5, 0.6) is 5.75 Å². The fraction of sp³-hybridized carbons (Fsp3) is 0.200. The molecule has 4 heteroatoms. The van der Waals surface area contributed by atoms with Crippen molar-refractivity contribution in [2.24, 2.45) is 5.16 Å². The lowest BCUT2D eigenvalue weighted by atomic mass is 10.1. The zero-order chi connectivity index (χ0) is 10.1. The maximum Gasteiger partial charge on any atom is 0.211 e. The number of hydrogen-bond donors (Lipinski definition) is 1. The minimum Gasteiger partial charge on any atom is -0.497 e. The number of ether oxygens (including phenoxy) is 1. The van der Waals surface area contributed by atoms with Crippen LogP contribution in [0.15, 0.2) is 23.4 Å². The van der Waals surface area contributed by atoms with Crippen molar-refractivity contribution in [3.8, 4) is 5.75 Å². The van der Waals surface area contributed by atoms with E-state index in [4.69, 9.17) is 9.94 Å². The molecule has 0 saturated carbocycles. The van der Waals surface area contributed by atoms with Crippen molar-refractivity contribution >= 4 is 11.5 Å². The highest BCUT2D eigenvalue weighted by Gasteiger charge is 2.26. The number of methoxy groups -OCH3 is 1. The summed E-state index contributed by atoms with van der Waals surface area (Å²) in [6.07, 6.45) is 0.377. The number of carbonyl (C=O) groups is 1. The molecular weight excluding hydrogens is 182 g/mol. The van der Waals surface area contributed by atoms with E-state index in [0.717, 1.165) is 5.56 Å². The van der Waals surface area contributed by atoms with Crippen LogP contribution in [0, 0.1) is 0 Å². The van der Waals surface area contributed by atoms with Crippen molar-refractivity contribution in [1.82, 2.24) is 0 Å². The first-order chi connectivity index (χ1) is 6.76. The van der Waals surface area contributed by atoms with E-state index in [1.807, 2.05) is 0 Å². The van der Waals surface area contributed by atoms with Gasteiger partial charge in [0.2, 0.25) is 5.78 Å². The van der Waals surface area contributed by atoms with Crippen LogP contribution in [0.3, 0.4) is 0 Å². The molecule has 0 spiro atoms. The quantitative estimate of drug-likeness (QED) is 0.537. The molecule has 14 heavy (non-hydrogen) atoms. The van der Waals surface area contributed by atoms with E-state index in [1.165, 1.54) is 0 Å². The van der Waals surface area contributed by atoms with E-state index >= 15 is 0 Å². The van der Waals surface area contributed by atoms with Gasteiger partial charge in [-0.2, -0.15) is 0 Å². The highest BCUT2D eigenvalue weighted by molar-refractivity contribution is 6.49. The lowest BCUT2D eigenvalue weighted by Crippen LogP contribution is -2.06. The molecule has 1 aromatic carbocycles. The first kappa shape index (κ1) is 8.74. The molecule has 1 aromatic rings. The number of nitrogens with zero attached hydrogens (tertiary/aromatic N) is 1. The summed E-state index contributed by atoms with van der Waals surface area (Å²) >= 11 is 0. The number of Topliss-reactive ketones (excluding diaryl/α,β-unsaturated/α-hetero) is 1. The van der Waals surface area contributed by atoms with Crippen LogP contribution in [0.1, 0.15) is 15.9 Å². The van der Waals surface area contributed by atoms with E-state index in [1.54, 1.807) is 25.3 Å². The zero-order valence-corrected chi connectivity index (χ0v) is 7.65. The third-order valence-corrected chi connectivity index (χ3v) is 2.30. The van der Waals surface area contributed by atoms with Crippen LogP contribution >= 0.6 is 0 Å². The molecule has 1 aliphatic carbocycles. The Morgan fingerprint density at radius 3 is 2.93 bits per heavy atom. The zero-order valence-electron chi connectivity index (χ0n) is 7.65. The Kier molecular flexibility index (Phi) is 1.96. The molecule has 0 aliphatic heterocycles. The fourth-order valence-corrected chi connectivity index (χ4v) is 1.56. The first-order valence-corrected chi connectivity index (χ1v) is 4.19. The Morgan fingerprint density at radius 1 is 1.50 bits per heavy atom. The Balaban J connectivity index is 2.49. The van der Waals surface area contributed by atoms with Crippen molar-refractivity contribution < 1.29 is 14.7 Å². The minimum atomic E-state index is -0.204. The number of fused-ring (bicyclic) bond motifs is 1. The van der Waals surface area contributed by atoms with Gasteiger partial charge in [0.15, 0.2) is 0 Å². The number of oxime groups is 1. The molecule has 4 nitrogen and oxygen atoms in total. The summed E-state index contributed by atoms with van der Waals surface area (Å²) < 4.78 is 5.03. The number of carbonyl (C=O) groups excluding carboxylic acids is 1. The molecule has 72 valence electrons. The smallest absolute Gasteiger partial charge is 0.211 e. The third-order valence-electron chi connectivity index (χ3n) is 2.30. The van der Waals surface area contributed by atoms with Crippen molar-refractivity contribution in [3.05, 3.63) is 29.3 Å². The molecule has 0 unspecified atom stereocenters. The van der Waals surface area contributed by atoms with Crippen LogP contribution in [-0.4, -0.2) is 23.8 Å². The van der Waals surface area contributed by atoms with Gasteiger partial charge in [-0.1, -0.05) is 5.16 Å². The summed E-state index contributed by atoms with van der Waals surface area (Å²) in [6.45, 7) is 0. The molecule has 1 N–H and O–H groups in total. The van der Waals surface area contributed by atoms with Crippen LogP contribution in [0.4, 0.5) is 0 Å². The second-order valence-corrected chi connectivity index (χ2v) is 3.08. The van der Waals surface area contributed by atoms with Crippen LogP contribution in [-0.2, 0) is 6.42 Å². The van der Waals surface area contributed by atoms with Crippen LogP contribution in [0.2, 0.25) is 0 Å². The molecule has 0 aromatic heterocycles. The molecule has 0 bridgehead atoms. The summed E-state index contributed by atoms with van der Waals surface area (Å²) in [4.78, 5) is 11.5. The summed E-state index contributed by atoms with van der Waals surface area (Å²) in [6, 6.07) is 5.19. The van der Waals surface area contributed by atoms with Gasteiger partial charge in [-0.25, -0.2) is 0 Å². The Bertz CT molecular complexity index is 423. The van der Waals surface area contributed by atoms with Gasteiger partial charge in [0.25, 0.3) is 0 Å². The summed E-state index contributed by atoms with van der Waals surface area (Å²) in [5, 5.41) is 11.5. The Labute approximate surface area is 80.8 Å². The average Bonchev–Trinajstić information content (AvgIpc) is 2.55. The van der Waals surface area contributed by atoms with Gasteiger partial charge >= 0.3 is 0 Å². The highest BCUT2D eigenvalue weighted by atomic mass is 16.5. The predicted octanol–water partition coefficient (Wildman–Crippen LogP) is 1.26. The number of rotatable bonds is 1. The van der Waals surface area contributed by atoms with Gasteiger partial charge in [0.05, 0.1) is 7.11 Å². The van der Waals surface area contributed by atoms with Crippen LogP contribution in [0.25, 0.3) is 0 Å². The molecule has 0 radical (unpaired) electrons. The molecular formula is C10H9NO3. The third kappa shape index (κ3) is 1.16. The number of ketones is 1. The van der Waals surface area contributed by atoms with Crippen LogP contribution < -0.4 is 4.74 Å². The summed E-state index contributed by atoms with van der Waals surface area (Å²) in [7, 11) is 1.57.